The van der Waals surface area contributed by atoms with E-state index in [0.29, 0.717) is 3.79 Å². The number of carbonyl (C=O) groups excluding carboxylic acids is 1. The highest BCUT2D eigenvalue weighted by atomic mass is 79.9. The van der Waals surface area contributed by atoms with E-state index in [2.05, 4.69) is 20.7 Å². The molecule has 1 aromatic rings. The van der Waals surface area contributed by atoms with Crippen molar-refractivity contribution in [1.82, 2.24) is 4.31 Å². The number of thiophene rings is 1. The second-order valence-corrected chi connectivity index (χ2v) is 9.55. The van der Waals surface area contributed by atoms with Crippen LogP contribution in [-0.4, -0.2) is 49.6 Å². The number of aliphatic hydroxyl groups is 1. The van der Waals surface area contributed by atoms with E-state index in [9.17, 15) is 18.3 Å². The van der Waals surface area contributed by atoms with Crippen molar-refractivity contribution in [2.24, 2.45) is 5.92 Å². The molecule has 1 aliphatic rings. The standard InChI is InChI=1S/C12H16BrNO5S2/c1-7(2)12(16)5-14(6-12)21(17,18)9-4-8(11(15)19-3)20-10(9)13/h4,7,16H,5-6H2,1-3H3. The molecule has 0 unspecified atom stereocenters. The fraction of sp³-hybridized carbons (Fsp3) is 0.583. The maximum absolute atomic E-state index is 12.5. The number of rotatable bonds is 4. The minimum Gasteiger partial charge on any atom is -0.465 e. The molecule has 0 bridgehead atoms. The van der Waals surface area contributed by atoms with E-state index >= 15 is 0 Å². The molecular weight excluding hydrogens is 382 g/mol. The number of hydrogen-bond acceptors (Lipinski definition) is 6. The lowest BCUT2D eigenvalue weighted by atomic mass is 9.85. The van der Waals surface area contributed by atoms with E-state index < -0.39 is 21.6 Å². The summed E-state index contributed by atoms with van der Waals surface area (Å²) in [7, 11) is -2.49. The molecule has 1 fully saturated rings. The summed E-state index contributed by atoms with van der Waals surface area (Å²) in [6, 6.07) is 1.29. The molecule has 1 aromatic heterocycles. The van der Waals surface area contributed by atoms with Gasteiger partial charge in [0.25, 0.3) is 0 Å². The van der Waals surface area contributed by atoms with Gasteiger partial charge in [-0.1, -0.05) is 13.8 Å². The van der Waals surface area contributed by atoms with Crippen molar-refractivity contribution in [3.63, 3.8) is 0 Å². The Bertz CT molecular complexity index is 661. The number of halogens is 1. The molecule has 2 heterocycles. The summed E-state index contributed by atoms with van der Waals surface area (Å²) in [5, 5.41) is 10.2. The van der Waals surface area contributed by atoms with Gasteiger partial charge in [0.05, 0.1) is 16.5 Å². The Morgan fingerprint density at radius 3 is 2.57 bits per heavy atom. The maximum Gasteiger partial charge on any atom is 0.348 e. The first-order valence-electron chi connectivity index (χ1n) is 6.22. The normalized spacial score (nSPS) is 18.6. The number of β-amino-alcohol motifs (C(OH)–C–C–N with tert-alkyl or cyclic N) is 1. The lowest BCUT2D eigenvalue weighted by molar-refractivity contribution is -0.0932. The molecule has 6 nitrogen and oxygen atoms in total. The monoisotopic (exact) mass is 397 g/mol. The van der Waals surface area contributed by atoms with Crippen LogP contribution < -0.4 is 0 Å². The summed E-state index contributed by atoms with van der Waals surface area (Å²) >= 11 is 4.18. The lowest BCUT2D eigenvalue weighted by Crippen LogP contribution is -2.65. The zero-order valence-electron chi connectivity index (χ0n) is 11.8. The van der Waals surface area contributed by atoms with E-state index in [4.69, 9.17) is 0 Å². The number of esters is 1. The summed E-state index contributed by atoms with van der Waals surface area (Å²) in [6.45, 7) is 3.81. The van der Waals surface area contributed by atoms with Gasteiger partial charge in [-0.3, -0.25) is 0 Å². The Balaban J connectivity index is 2.26. The van der Waals surface area contributed by atoms with Crippen molar-refractivity contribution in [2.75, 3.05) is 20.2 Å². The van der Waals surface area contributed by atoms with E-state index in [-0.39, 0.29) is 28.8 Å². The van der Waals surface area contributed by atoms with Gasteiger partial charge in [0.1, 0.15) is 9.77 Å². The van der Waals surface area contributed by atoms with Crippen LogP contribution in [0.5, 0.6) is 0 Å². The largest absolute Gasteiger partial charge is 0.465 e. The lowest BCUT2D eigenvalue weighted by Gasteiger charge is -2.47. The molecule has 0 aromatic carbocycles. The van der Waals surface area contributed by atoms with Crippen LogP contribution >= 0.6 is 27.3 Å². The smallest absolute Gasteiger partial charge is 0.348 e. The van der Waals surface area contributed by atoms with Crippen LogP contribution in [0.4, 0.5) is 0 Å². The van der Waals surface area contributed by atoms with Gasteiger partial charge >= 0.3 is 5.97 Å². The van der Waals surface area contributed by atoms with Crippen LogP contribution in [0.3, 0.4) is 0 Å². The number of carbonyl (C=O) groups is 1. The van der Waals surface area contributed by atoms with Crippen LogP contribution in [-0.2, 0) is 14.8 Å². The Kier molecular flexibility index (Phi) is 4.52. The summed E-state index contributed by atoms with van der Waals surface area (Å²) in [4.78, 5) is 11.7. The summed E-state index contributed by atoms with van der Waals surface area (Å²) in [5.41, 5.74) is -0.985. The highest BCUT2D eigenvalue weighted by Crippen LogP contribution is 2.38. The number of nitrogens with zero attached hydrogens (tertiary/aromatic N) is 1. The number of methoxy groups -OCH3 is 1. The minimum absolute atomic E-state index is 0.0266. The molecule has 21 heavy (non-hydrogen) atoms. The van der Waals surface area contributed by atoms with Gasteiger partial charge < -0.3 is 9.84 Å². The van der Waals surface area contributed by atoms with Gasteiger partial charge in [0.15, 0.2) is 0 Å². The van der Waals surface area contributed by atoms with E-state index in [0.717, 1.165) is 11.3 Å². The highest BCUT2D eigenvalue weighted by Gasteiger charge is 2.49. The molecule has 1 N–H and O–H groups in total. The molecule has 0 aliphatic carbocycles. The molecule has 1 saturated heterocycles. The molecule has 0 saturated carbocycles. The molecule has 0 spiro atoms. The van der Waals surface area contributed by atoms with Crippen molar-refractivity contribution >= 4 is 43.3 Å². The zero-order valence-corrected chi connectivity index (χ0v) is 15.0. The second-order valence-electron chi connectivity index (χ2n) is 5.27. The molecule has 9 heteroatoms. The van der Waals surface area contributed by atoms with Gasteiger partial charge in [-0.15, -0.1) is 11.3 Å². The molecule has 118 valence electrons. The summed E-state index contributed by atoms with van der Waals surface area (Å²) in [5.74, 6) is -0.607. The fourth-order valence-electron chi connectivity index (χ4n) is 1.97. The van der Waals surface area contributed by atoms with Crippen LogP contribution in [0.25, 0.3) is 0 Å². The molecule has 0 radical (unpaired) electrons. The average Bonchev–Trinajstić information content (AvgIpc) is 2.76. The first-order valence-corrected chi connectivity index (χ1v) is 9.27. The minimum atomic E-state index is -3.73. The fourth-order valence-corrected chi connectivity index (χ4v) is 5.97. The van der Waals surface area contributed by atoms with Gasteiger partial charge in [0, 0.05) is 13.1 Å². The summed E-state index contributed by atoms with van der Waals surface area (Å²) in [6.07, 6.45) is 0. The molecular formula is C12H16BrNO5S2. The SMILES string of the molecule is COC(=O)c1cc(S(=O)(=O)N2CC(O)(C(C)C)C2)c(Br)s1. The van der Waals surface area contributed by atoms with Crippen molar-refractivity contribution in [3.05, 3.63) is 14.7 Å². The first-order chi connectivity index (χ1) is 9.61. The third-order valence-electron chi connectivity index (χ3n) is 3.63. The van der Waals surface area contributed by atoms with E-state index in [1.54, 1.807) is 0 Å². The van der Waals surface area contributed by atoms with Gasteiger partial charge in [-0.05, 0) is 27.9 Å². The zero-order chi connectivity index (χ0) is 16.0. The average molecular weight is 398 g/mol. The quantitative estimate of drug-likeness (QED) is 0.781. The number of hydrogen-bond donors (Lipinski definition) is 1. The number of ether oxygens (including phenoxy) is 1. The summed E-state index contributed by atoms with van der Waals surface area (Å²) < 4.78 is 31.2. The Morgan fingerprint density at radius 2 is 2.10 bits per heavy atom. The second kappa shape index (κ2) is 5.62. The van der Waals surface area contributed by atoms with E-state index in [1.165, 1.54) is 17.5 Å². The highest BCUT2D eigenvalue weighted by molar-refractivity contribution is 9.11. The van der Waals surface area contributed by atoms with Gasteiger partial charge in [-0.2, -0.15) is 4.31 Å². The van der Waals surface area contributed by atoms with E-state index in [1.807, 2.05) is 13.8 Å². The maximum atomic E-state index is 12.5. The molecule has 0 amide bonds. The predicted octanol–water partition coefficient (Wildman–Crippen LogP) is 1.69. The van der Waals surface area contributed by atoms with Crippen molar-refractivity contribution in [3.8, 4) is 0 Å². The van der Waals surface area contributed by atoms with Crippen molar-refractivity contribution in [1.29, 1.82) is 0 Å². The Hall–Kier alpha value is -0.480. The Morgan fingerprint density at radius 1 is 1.52 bits per heavy atom. The van der Waals surface area contributed by atoms with Gasteiger partial charge in [-0.25, -0.2) is 13.2 Å². The van der Waals surface area contributed by atoms with Crippen LogP contribution in [0.1, 0.15) is 23.5 Å². The van der Waals surface area contributed by atoms with Crippen molar-refractivity contribution < 1.29 is 23.1 Å². The van der Waals surface area contributed by atoms with Crippen LogP contribution in [0.15, 0.2) is 14.7 Å². The topological polar surface area (TPSA) is 83.9 Å². The van der Waals surface area contributed by atoms with Crippen LogP contribution in [0.2, 0.25) is 0 Å². The molecule has 0 atom stereocenters. The van der Waals surface area contributed by atoms with Crippen LogP contribution in [0, 0.1) is 5.92 Å². The van der Waals surface area contributed by atoms with Gasteiger partial charge in [0.2, 0.25) is 10.0 Å². The number of sulfonamides is 1. The molecule has 2 rings (SSSR count). The third-order valence-corrected chi connectivity index (χ3v) is 7.66. The molecule has 1 aliphatic heterocycles. The third kappa shape index (κ3) is 2.89. The van der Waals surface area contributed by atoms with Crippen molar-refractivity contribution in [2.45, 2.75) is 24.3 Å². The Labute approximate surface area is 135 Å². The first kappa shape index (κ1) is 16.9. The predicted molar refractivity (Wildman–Crippen MR) is 81.9 cm³/mol.